The van der Waals surface area contributed by atoms with Crippen LogP contribution in [0, 0.1) is 0 Å². The average molecular weight is 211 g/mol. The molecule has 1 saturated heterocycles. The van der Waals surface area contributed by atoms with Crippen LogP contribution in [-0.4, -0.2) is 49.6 Å². The molecule has 0 aromatic rings. The Morgan fingerprint density at radius 3 is 3.13 bits per heavy atom. The second-order valence-corrected chi connectivity index (χ2v) is 3.68. The molecule has 86 valence electrons. The molecule has 0 aliphatic carbocycles. The number of piperazine rings is 1. The molecule has 2 N–H and O–H groups in total. The van der Waals surface area contributed by atoms with Crippen molar-refractivity contribution in [1.82, 2.24) is 15.5 Å². The monoisotopic (exact) mass is 211 g/mol. The molecule has 1 heterocycles. The number of nitrogens with zero attached hydrogens (tertiary/aromatic N) is 1. The van der Waals surface area contributed by atoms with Crippen molar-refractivity contribution in [2.45, 2.75) is 19.9 Å². The third-order valence-electron chi connectivity index (χ3n) is 2.58. The van der Waals surface area contributed by atoms with Crippen molar-refractivity contribution < 1.29 is 4.79 Å². The third kappa shape index (κ3) is 3.64. The number of allylic oxidation sites excluding steroid dienone is 1. The van der Waals surface area contributed by atoms with Gasteiger partial charge in [-0.05, 0) is 13.8 Å². The summed E-state index contributed by atoms with van der Waals surface area (Å²) in [6.45, 7) is 8.17. The lowest BCUT2D eigenvalue weighted by molar-refractivity contribution is -0.126. The second-order valence-electron chi connectivity index (χ2n) is 3.68. The predicted molar refractivity (Wildman–Crippen MR) is 61.7 cm³/mol. The Labute approximate surface area is 91.7 Å². The number of likely N-dealkylation sites (N-methyl/N-ethyl adjacent to an activating group) is 1. The topological polar surface area (TPSA) is 44.4 Å². The van der Waals surface area contributed by atoms with Crippen LogP contribution < -0.4 is 10.6 Å². The molecule has 1 amide bonds. The van der Waals surface area contributed by atoms with Crippen LogP contribution in [0.25, 0.3) is 0 Å². The summed E-state index contributed by atoms with van der Waals surface area (Å²) in [6, 6.07) is -0.0186. The Balaban J connectivity index is 2.52. The molecular weight excluding hydrogens is 190 g/mol. The minimum atomic E-state index is -0.0186. The Hall–Kier alpha value is -0.870. The molecule has 1 fully saturated rings. The molecule has 4 heteroatoms. The van der Waals surface area contributed by atoms with Gasteiger partial charge in [0.1, 0.15) is 6.04 Å². The van der Waals surface area contributed by atoms with Gasteiger partial charge in [-0.1, -0.05) is 12.2 Å². The molecule has 0 saturated carbocycles. The minimum absolute atomic E-state index is 0.0186. The number of rotatable bonds is 4. The molecule has 1 unspecified atom stereocenters. The molecule has 0 spiro atoms. The van der Waals surface area contributed by atoms with Crippen molar-refractivity contribution >= 4 is 5.91 Å². The molecule has 1 rings (SSSR count). The van der Waals surface area contributed by atoms with Gasteiger partial charge in [-0.25, -0.2) is 0 Å². The van der Waals surface area contributed by atoms with Gasteiger partial charge in [0.2, 0.25) is 5.91 Å². The van der Waals surface area contributed by atoms with Crippen LogP contribution in [0.3, 0.4) is 0 Å². The van der Waals surface area contributed by atoms with Crippen molar-refractivity contribution in [1.29, 1.82) is 0 Å². The fourth-order valence-corrected chi connectivity index (χ4v) is 1.76. The number of carbonyl (C=O) groups excluding carboxylic acids is 1. The van der Waals surface area contributed by atoms with Gasteiger partial charge in [0, 0.05) is 32.7 Å². The van der Waals surface area contributed by atoms with E-state index < -0.39 is 0 Å². The Bertz CT molecular complexity index is 228. The third-order valence-corrected chi connectivity index (χ3v) is 2.58. The molecule has 0 radical (unpaired) electrons. The molecule has 1 aliphatic heterocycles. The maximum Gasteiger partial charge on any atom is 0.238 e. The van der Waals surface area contributed by atoms with Crippen molar-refractivity contribution in [3.63, 3.8) is 0 Å². The van der Waals surface area contributed by atoms with E-state index >= 15 is 0 Å². The molecule has 15 heavy (non-hydrogen) atoms. The summed E-state index contributed by atoms with van der Waals surface area (Å²) in [5, 5.41) is 6.13. The second kappa shape index (κ2) is 6.58. The van der Waals surface area contributed by atoms with E-state index in [0.29, 0.717) is 6.54 Å². The largest absolute Gasteiger partial charge is 0.355 e. The summed E-state index contributed by atoms with van der Waals surface area (Å²) in [7, 11) is 0. The maximum atomic E-state index is 11.8. The van der Waals surface area contributed by atoms with Gasteiger partial charge in [0.05, 0.1) is 0 Å². The zero-order valence-corrected chi connectivity index (χ0v) is 9.62. The van der Waals surface area contributed by atoms with Gasteiger partial charge in [0.25, 0.3) is 0 Å². The predicted octanol–water partition coefficient (Wildman–Crippen LogP) is -0.0276. The van der Waals surface area contributed by atoms with Gasteiger partial charge in [-0.15, -0.1) is 0 Å². The molecular formula is C11H21N3O. The highest BCUT2D eigenvalue weighted by atomic mass is 16.2. The highest BCUT2D eigenvalue weighted by Gasteiger charge is 2.26. The maximum absolute atomic E-state index is 11.8. The van der Waals surface area contributed by atoms with E-state index in [1.807, 2.05) is 19.9 Å². The average Bonchev–Trinajstić information content (AvgIpc) is 2.27. The fraction of sp³-hybridized carbons (Fsp3) is 0.727. The molecule has 1 aliphatic rings. The van der Waals surface area contributed by atoms with Crippen LogP contribution in [0.5, 0.6) is 0 Å². The quantitative estimate of drug-likeness (QED) is 0.642. The number of hydrogen-bond donors (Lipinski definition) is 2. The van der Waals surface area contributed by atoms with E-state index in [2.05, 4.69) is 21.6 Å². The summed E-state index contributed by atoms with van der Waals surface area (Å²) in [5.74, 6) is 0.134. The standard InChI is InChI=1S/C11H21N3O/c1-3-5-7-14-8-6-12-9-10(14)11(15)13-4-2/h3,5,10,12H,4,6-9H2,1-2H3,(H,13,15). The lowest BCUT2D eigenvalue weighted by atomic mass is 10.1. The first-order valence-corrected chi connectivity index (χ1v) is 5.63. The van der Waals surface area contributed by atoms with E-state index in [1.54, 1.807) is 0 Å². The van der Waals surface area contributed by atoms with E-state index in [9.17, 15) is 4.79 Å². The van der Waals surface area contributed by atoms with Gasteiger partial charge < -0.3 is 10.6 Å². The minimum Gasteiger partial charge on any atom is -0.355 e. The Morgan fingerprint density at radius 1 is 1.67 bits per heavy atom. The lowest BCUT2D eigenvalue weighted by Gasteiger charge is -2.34. The normalized spacial score (nSPS) is 23.2. The van der Waals surface area contributed by atoms with Gasteiger partial charge >= 0.3 is 0 Å². The molecule has 1 atom stereocenters. The Morgan fingerprint density at radius 2 is 2.47 bits per heavy atom. The SMILES string of the molecule is CC=CCN1CCNCC1C(=O)NCC. The zero-order valence-electron chi connectivity index (χ0n) is 9.62. The highest BCUT2D eigenvalue weighted by Crippen LogP contribution is 2.03. The van der Waals surface area contributed by atoms with E-state index in [1.165, 1.54) is 0 Å². The highest BCUT2D eigenvalue weighted by molar-refractivity contribution is 5.82. The van der Waals surface area contributed by atoms with E-state index in [4.69, 9.17) is 0 Å². The number of hydrogen-bond acceptors (Lipinski definition) is 3. The zero-order chi connectivity index (χ0) is 11.1. The van der Waals surface area contributed by atoms with Crippen LogP contribution in [0.1, 0.15) is 13.8 Å². The number of amides is 1. The van der Waals surface area contributed by atoms with Crippen molar-refractivity contribution in [2.75, 3.05) is 32.7 Å². The van der Waals surface area contributed by atoms with Crippen LogP contribution >= 0.6 is 0 Å². The van der Waals surface area contributed by atoms with Gasteiger partial charge in [-0.2, -0.15) is 0 Å². The molecule has 4 nitrogen and oxygen atoms in total. The van der Waals surface area contributed by atoms with Gasteiger partial charge in [-0.3, -0.25) is 9.69 Å². The Kier molecular flexibility index (Phi) is 5.36. The molecule has 0 aromatic carbocycles. The summed E-state index contributed by atoms with van der Waals surface area (Å²) < 4.78 is 0. The summed E-state index contributed by atoms with van der Waals surface area (Å²) in [5.41, 5.74) is 0. The summed E-state index contributed by atoms with van der Waals surface area (Å²) in [4.78, 5) is 14.0. The van der Waals surface area contributed by atoms with Crippen molar-refractivity contribution in [3.8, 4) is 0 Å². The summed E-state index contributed by atoms with van der Waals surface area (Å²) in [6.07, 6.45) is 4.12. The van der Waals surface area contributed by atoms with Crippen LogP contribution in [0.15, 0.2) is 12.2 Å². The molecule has 0 bridgehead atoms. The van der Waals surface area contributed by atoms with Crippen molar-refractivity contribution in [2.24, 2.45) is 0 Å². The van der Waals surface area contributed by atoms with Crippen LogP contribution in [0.4, 0.5) is 0 Å². The van der Waals surface area contributed by atoms with E-state index in [-0.39, 0.29) is 11.9 Å². The number of carbonyl (C=O) groups is 1. The van der Waals surface area contributed by atoms with Crippen molar-refractivity contribution in [3.05, 3.63) is 12.2 Å². The van der Waals surface area contributed by atoms with Gasteiger partial charge in [0.15, 0.2) is 0 Å². The van der Waals surface area contributed by atoms with E-state index in [0.717, 1.165) is 26.2 Å². The molecule has 0 aromatic heterocycles. The first kappa shape index (κ1) is 12.2. The van der Waals surface area contributed by atoms with Crippen LogP contribution in [0.2, 0.25) is 0 Å². The fourth-order valence-electron chi connectivity index (χ4n) is 1.76. The summed E-state index contributed by atoms with van der Waals surface area (Å²) >= 11 is 0. The number of nitrogens with one attached hydrogen (secondary N) is 2. The lowest BCUT2D eigenvalue weighted by Crippen LogP contribution is -2.57. The van der Waals surface area contributed by atoms with Crippen LogP contribution in [-0.2, 0) is 4.79 Å². The first-order valence-electron chi connectivity index (χ1n) is 5.63. The smallest absolute Gasteiger partial charge is 0.238 e. The first-order chi connectivity index (χ1) is 7.29.